The third kappa shape index (κ3) is 4.99. The van der Waals surface area contributed by atoms with E-state index in [2.05, 4.69) is 36.9 Å². The largest absolute Gasteiger partial charge is 0.503 e. The average Bonchev–Trinajstić information content (AvgIpc) is 3.19. The topological polar surface area (TPSA) is 109 Å². The Labute approximate surface area is 238 Å². The molecule has 12 heteroatoms. The number of allylic oxidation sites excluding steroid dienone is 1. The molecule has 9 nitrogen and oxygen atoms in total. The molecule has 0 spiro atoms. The summed E-state index contributed by atoms with van der Waals surface area (Å²) in [6.45, 7) is 3.60. The number of halogens is 2. The van der Waals surface area contributed by atoms with E-state index < -0.39 is 12.0 Å². The Morgan fingerprint density at radius 2 is 1.74 bits per heavy atom. The van der Waals surface area contributed by atoms with Gasteiger partial charge in [0.1, 0.15) is 0 Å². The van der Waals surface area contributed by atoms with Crippen molar-refractivity contribution < 1.29 is 28.8 Å². The number of nitrogens with zero attached hydrogens (tertiary/aromatic N) is 2. The Morgan fingerprint density at radius 3 is 2.37 bits per heavy atom. The fraction of sp³-hybridized carbons (Fsp3) is 0.269. The highest BCUT2D eigenvalue weighted by Gasteiger charge is 2.35. The minimum absolute atomic E-state index is 0.0425. The van der Waals surface area contributed by atoms with Gasteiger partial charge in [-0.3, -0.25) is 9.36 Å². The molecule has 0 aliphatic carbocycles. The molecule has 200 valence electrons. The minimum atomic E-state index is -0.845. The van der Waals surface area contributed by atoms with Crippen LogP contribution in [0.2, 0.25) is 0 Å². The number of rotatable bonds is 7. The summed E-state index contributed by atoms with van der Waals surface area (Å²) in [7, 11) is 4.48. The Kier molecular flexibility index (Phi) is 8.34. The number of carbonyl (C=O) groups excluding carboxylic acids is 1. The molecule has 38 heavy (non-hydrogen) atoms. The molecular weight excluding hydrogens is 644 g/mol. The lowest BCUT2D eigenvalue weighted by Crippen LogP contribution is -2.40. The van der Waals surface area contributed by atoms with Crippen LogP contribution < -0.4 is 29.1 Å². The molecule has 1 N–H and O–H groups in total. The van der Waals surface area contributed by atoms with Crippen molar-refractivity contribution in [2.45, 2.75) is 19.9 Å². The summed E-state index contributed by atoms with van der Waals surface area (Å²) in [6, 6.07) is 5.90. The lowest BCUT2D eigenvalue weighted by atomic mass is 9.95. The zero-order chi connectivity index (χ0) is 27.7. The van der Waals surface area contributed by atoms with E-state index in [1.54, 1.807) is 44.2 Å². The van der Waals surface area contributed by atoms with Crippen molar-refractivity contribution in [2.75, 3.05) is 27.9 Å². The van der Waals surface area contributed by atoms with Crippen LogP contribution in [0.1, 0.15) is 31.0 Å². The molecule has 0 radical (unpaired) electrons. The van der Waals surface area contributed by atoms with E-state index in [-0.39, 0.29) is 29.2 Å². The van der Waals surface area contributed by atoms with Crippen LogP contribution in [0.4, 0.5) is 0 Å². The molecule has 0 bridgehead atoms. The molecule has 2 heterocycles. The Morgan fingerprint density at radius 1 is 1.08 bits per heavy atom. The minimum Gasteiger partial charge on any atom is -0.503 e. The van der Waals surface area contributed by atoms with Gasteiger partial charge in [0.05, 0.1) is 54.3 Å². The first-order valence-corrected chi connectivity index (χ1v) is 13.7. The summed E-state index contributed by atoms with van der Waals surface area (Å²) in [5.41, 5.74) is 1.56. The summed E-state index contributed by atoms with van der Waals surface area (Å²) in [5, 5.41) is 10.2. The first-order chi connectivity index (χ1) is 18.1. The smallest absolute Gasteiger partial charge is 0.338 e. The number of aromatic hydroxyl groups is 1. The van der Waals surface area contributed by atoms with Crippen LogP contribution in [0.25, 0.3) is 6.08 Å². The molecule has 0 unspecified atom stereocenters. The predicted octanol–water partition coefficient (Wildman–Crippen LogP) is 4.05. The number of aromatic nitrogens is 1. The standard InChI is InChI=1S/C26H24Br2N2O7S/c1-6-37-25(33)21-12(2)29-26-30(22(21)14-10-17(34-3)18(35-4)11-15(14)27)24(32)20(38-26)9-13-7-16(28)23(31)19(8-13)36-5/h7-11,22,31H,6H2,1-5H3/b20-9-/t22-/m0/s1. The monoisotopic (exact) mass is 666 g/mol. The molecule has 1 aromatic heterocycles. The number of phenolic OH excluding ortho intramolecular Hbond substituents is 1. The van der Waals surface area contributed by atoms with Crippen LogP contribution in [-0.4, -0.2) is 43.6 Å². The number of methoxy groups -OCH3 is 3. The first-order valence-electron chi connectivity index (χ1n) is 11.3. The predicted molar refractivity (Wildman–Crippen MR) is 150 cm³/mol. The number of ether oxygens (including phenoxy) is 4. The molecule has 2 aromatic carbocycles. The summed E-state index contributed by atoms with van der Waals surface area (Å²) < 4.78 is 24.4. The summed E-state index contributed by atoms with van der Waals surface area (Å²) in [5.74, 6) is 0.569. The third-order valence-corrected chi connectivity index (χ3v) is 8.16. The van der Waals surface area contributed by atoms with Crippen LogP contribution >= 0.6 is 43.2 Å². The Balaban J connectivity index is 2.01. The number of hydrogen-bond donors (Lipinski definition) is 1. The summed E-state index contributed by atoms with van der Waals surface area (Å²) in [4.78, 5) is 32.1. The molecule has 3 aromatic rings. The highest BCUT2D eigenvalue weighted by Crippen LogP contribution is 2.41. The lowest BCUT2D eigenvalue weighted by Gasteiger charge is -2.26. The van der Waals surface area contributed by atoms with Crippen LogP contribution in [-0.2, 0) is 9.53 Å². The van der Waals surface area contributed by atoms with Gasteiger partial charge in [-0.2, -0.15) is 0 Å². The second kappa shape index (κ2) is 11.3. The molecule has 4 rings (SSSR count). The maximum atomic E-state index is 13.9. The number of phenols is 1. The van der Waals surface area contributed by atoms with Gasteiger partial charge in [0.15, 0.2) is 27.8 Å². The Bertz CT molecular complexity index is 1640. The molecule has 0 fully saturated rings. The van der Waals surface area contributed by atoms with E-state index in [9.17, 15) is 14.7 Å². The molecule has 1 atom stereocenters. The van der Waals surface area contributed by atoms with E-state index in [1.165, 1.54) is 37.2 Å². The molecule has 0 amide bonds. The van der Waals surface area contributed by atoms with E-state index in [0.717, 1.165) is 0 Å². The fourth-order valence-electron chi connectivity index (χ4n) is 4.15. The number of hydrogen-bond acceptors (Lipinski definition) is 9. The van der Waals surface area contributed by atoms with E-state index in [0.29, 0.717) is 46.6 Å². The van der Waals surface area contributed by atoms with Crippen LogP contribution in [0, 0.1) is 0 Å². The van der Waals surface area contributed by atoms with Gasteiger partial charge in [-0.05, 0) is 71.2 Å². The van der Waals surface area contributed by atoms with Crippen molar-refractivity contribution >= 4 is 55.2 Å². The van der Waals surface area contributed by atoms with E-state index in [1.807, 2.05) is 0 Å². The van der Waals surface area contributed by atoms with Gasteiger partial charge in [-0.1, -0.05) is 27.3 Å². The normalized spacial score (nSPS) is 15.1. The third-order valence-electron chi connectivity index (χ3n) is 5.88. The van der Waals surface area contributed by atoms with Crippen LogP contribution in [0.5, 0.6) is 23.0 Å². The number of benzene rings is 2. The van der Waals surface area contributed by atoms with Gasteiger partial charge in [0.25, 0.3) is 5.56 Å². The Hall–Kier alpha value is -3.09. The van der Waals surface area contributed by atoms with Gasteiger partial charge in [0, 0.05) is 4.47 Å². The summed E-state index contributed by atoms with van der Waals surface area (Å²) in [6.07, 6.45) is 1.68. The molecule has 0 saturated carbocycles. The zero-order valence-corrected chi connectivity index (χ0v) is 25.1. The van der Waals surface area contributed by atoms with Gasteiger partial charge < -0.3 is 24.1 Å². The molecule has 0 saturated heterocycles. The maximum Gasteiger partial charge on any atom is 0.338 e. The van der Waals surface area contributed by atoms with Crippen molar-refractivity contribution in [3.63, 3.8) is 0 Å². The quantitative estimate of drug-likeness (QED) is 0.379. The van der Waals surface area contributed by atoms with Gasteiger partial charge in [0.2, 0.25) is 0 Å². The SMILES string of the molecule is CCOC(=O)C1=C(C)N=c2s/c(=C\c3cc(Br)c(O)c(OC)c3)c(=O)n2[C@H]1c1cc(OC)c(OC)cc1Br. The van der Waals surface area contributed by atoms with Crippen LogP contribution in [0.3, 0.4) is 0 Å². The second-order valence-electron chi connectivity index (χ2n) is 8.08. The number of carbonyl (C=O) groups is 1. The van der Waals surface area contributed by atoms with Crippen LogP contribution in [0.15, 0.2) is 54.3 Å². The summed E-state index contributed by atoms with van der Waals surface area (Å²) >= 11 is 8.08. The number of thiazole rings is 1. The number of fused-ring (bicyclic) bond motifs is 1. The van der Waals surface area contributed by atoms with E-state index in [4.69, 9.17) is 18.9 Å². The van der Waals surface area contributed by atoms with Crippen molar-refractivity contribution in [2.24, 2.45) is 4.99 Å². The number of esters is 1. The second-order valence-corrected chi connectivity index (χ2v) is 10.8. The maximum absolute atomic E-state index is 13.9. The van der Waals surface area contributed by atoms with Crippen molar-refractivity contribution in [3.8, 4) is 23.0 Å². The van der Waals surface area contributed by atoms with Crippen molar-refractivity contribution in [1.82, 2.24) is 4.57 Å². The highest BCUT2D eigenvalue weighted by molar-refractivity contribution is 9.10. The van der Waals surface area contributed by atoms with Crippen molar-refractivity contribution in [3.05, 3.63) is 75.3 Å². The van der Waals surface area contributed by atoms with Crippen molar-refractivity contribution in [1.29, 1.82) is 0 Å². The molecule has 1 aliphatic heterocycles. The van der Waals surface area contributed by atoms with E-state index >= 15 is 0 Å². The molecule has 1 aliphatic rings. The van der Waals surface area contributed by atoms with Gasteiger partial charge >= 0.3 is 5.97 Å². The highest BCUT2D eigenvalue weighted by atomic mass is 79.9. The lowest BCUT2D eigenvalue weighted by molar-refractivity contribution is -0.139. The first kappa shape index (κ1) is 27.9. The zero-order valence-electron chi connectivity index (χ0n) is 21.1. The van der Waals surface area contributed by atoms with Gasteiger partial charge in [-0.25, -0.2) is 9.79 Å². The fourth-order valence-corrected chi connectivity index (χ4v) is 6.19. The van der Waals surface area contributed by atoms with Gasteiger partial charge in [-0.15, -0.1) is 0 Å². The average molecular weight is 668 g/mol. The molecular formula is C26H24Br2N2O7S.